The fourth-order valence-corrected chi connectivity index (χ4v) is 2.83. The Morgan fingerprint density at radius 1 is 1.04 bits per heavy atom. The Balaban J connectivity index is 4.31. The number of hydrogen-bond acceptors (Lipinski definition) is 4. The summed E-state index contributed by atoms with van der Waals surface area (Å²) >= 11 is 0. The van der Waals surface area contributed by atoms with Crippen LogP contribution >= 0.6 is 0 Å². The van der Waals surface area contributed by atoms with Crippen molar-refractivity contribution < 1.29 is 19.8 Å². The van der Waals surface area contributed by atoms with Crippen LogP contribution in [0.3, 0.4) is 0 Å². The SMILES string of the molecule is CCNC(=O)CC[C@@H](O)[C@H](O)C(=O)NCC(C)(C)CC(C)(C)C. The molecule has 0 aliphatic carbocycles. The van der Waals surface area contributed by atoms with Gasteiger partial charge in [-0.2, -0.15) is 0 Å². The van der Waals surface area contributed by atoms with E-state index in [0.717, 1.165) is 6.42 Å². The van der Waals surface area contributed by atoms with Crippen molar-refractivity contribution in [2.45, 2.75) is 73.0 Å². The molecule has 0 aromatic heterocycles. The first kappa shape index (κ1) is 21.9. The fraction of sp³-hybridized carbons (Fsp3) is 0.882. The van der Waals surface area contributed by atoms with Gasteiger partial charge in [-0.25, -0.2) is 0 Å². The molecule has 0 bridgehead atoms. The van der Waals surface area contributed by atoms with Crippen LogP contribution in [0.4, 0.5) is 0 Å². The molecule has 4 N–H and O–H groups in total. The number of amides is 2. The van der Waals surface area contributed by atoms with Crippen LogP contribution in [0.25, 0.3) is 0 Å². The molecule has 0 heterocycles. The van der Waals surface area contributed by atoms with E-state index < -0.39 is 18.1 Å². The van der Waals surface area contributed by atoms with Crippen LogP contribution < -0.4 is 10.6 Å². The molecule has 0 spiro atoms. The maximum atomic E-state index is 11.9. The maximum absolute atomic E-state index is 11.9. The smallest absolute Gasteiger partial charge is 0.251 e. The third kappa shape index (κ3) is 10.3. The molecule has 0 saturated heterocycles. The highest BCUT2D eigenvalue weighted by Crippen LogP contribution is 2.32. The van der Waals surface area contributed by atoms with Gasteiger partial charge in [-0.15, -0.1) is 0 Å². The zero-order valence-electron chi connectivity index (χ0n) is 15.4. The van der Waals surface area contributed by atoms with Crippen molar-refractivity contribution in [1.29, 1.82) is 0 Å². The first-order valence-corrected chi connectivity index (χ1v) is 8.28. The van der Waals surface area contributed by atoms with Crippen molar-refractivity contribution in [2.75, 3.05) is 13.1 Å². The van der Waals surface area contributed by atoms with E-state index in [0.29, 0.717) is 13.1 Å². The normalized spacial score (nSPS) is 15.0. The molecule has 0 saturated carbocycles. The molecule has 0 unspecified atom stereocenters. The molecule has 6 heteroatoms. The molecule has 136 valence electrons. The Morgan fingerprint density at radius 2 is 1.61 bits per heavy atom. The minimum absolute atomic E-state index is 0.0474. The Hall–Kier alpha value is -1.14. The van der Waals surface area contributed by atoms with Crippen molar-refractivity contribution in [1.82, 2.24) is 10.6 Å². The fourth-order valence-electron chi connectivity index (χ4n) is 2.83. The zero-order valence-corrected chi connectivity index (χ0v) is 15.4. The van der Waals surface area contributed by atoms with Gasteiger partial charge >= 0.3 is 0 Å². The van der Waals surface area contributed by atoms with Gasteiger partial charge in [0.25, 0.3) is 5.91 Å². The van der Waals surface area contributed by atoms with E-state index in [1.807, 2.05) is 0 Å². The molecule has 0 aromatic rings. The lowest BCUT2D eigenvalue weighted by atomic mass is 9.76. The van der Waals surface area contributed by atoms with Gasteiger partial charge in [-0.3, -0.25) is 9.59 Å². The summed E-state index contributed by atoms with van der Waals surface area (Å²) in [6, 6.07) is 0. The quantitative estimate of drug-likeness (QED) is 0.510. The predicted molar refractivity (Wildman–Crippen MR) is 90.8 cm³/mol. The first-order valence-electron chi connectivity index (χ1n) is 8.28. The topological polar surface area (TPSA) is 98.7 Å². The van der Waals surface area contributed by atoms with Crippen molar-refractivity contribution in [3.8, 4) is 0 Å². The highest BCUT2D eigenvalue weighted by molar-refractivity contribution is 5.81. The average Bonchev–Trinajstić information content (AvgIpc) is 2.39. The molecule has 6 nitrogen and oxygen atoms in total. The van der Waals surface area contributed by atoms with Gasteiger partial charge in [0.15, 0.2) is 6.10 Å². The summed E-state index contributed by atoms with van der Waals surface area (Å²) in [5.41, 5.74) is 0.0264. The number of nitrogens with one attached hydrogen (secondary N) is 2. The predicted octanol–water partition coefficient (Wildman–Crippen LogP) is 1.20. The Labute approximate surface area is 140 Å². The highest BCUT2D eigenvalue weighted by atomic mass is 16.3. The molecule has 0 fully saturated rings. The van der Waals surface area contributed by atoms with Crippen LogP contribution in [-0.2, 0) is 9.59 Å². The first-order chi connectivity index (χ1) is 10.4. The zero-order chi connectivity index (χ0) is 18.3. The summed E-state index contributed by atoms with van der Waals surface area (Å²) in [6.07, 6.45) is -1.73. The molecule has 0 radical (unpaired) electrons. The van der Waals surface area contributed by atoms with Crippen LogP contribution in [0.5, 0.6) is 0 Å². The standard InChI is InChI=1S/C17H34N2O4/c1-7-18-13(21)9-8-12(20)14(22)15(23)19-11-17(5,6)10-16(2,3)4/h12,14,20,22H,7-11H2,1-6H3,(H,18,21)(H,19,23)/t12-,14+/m1/s1. The van der Waals surface area contributed by atoms with Crippen LogP contribution in [0.2, 0.25) is 0 Å². The van der Waals surface area contributed by atoms with Crippen molar-refractivity contribution in [3.63, 3.8) is 0 Å². The summed E-state index contributed by atoms with van der Waals surface area (Å²) in [6.45, 7) is 13.2. The van der Waals surface area contributed by atoms with Crippen molar-refractivity contribution in [3.05, 3.63) is 0 Å². The lowest BCUT2D eigenvalue weighted by molar-refractivity contribution is -0.136. The summed E-state index contributed by atoms with van der Waals surface area (Å²) in [5.74, 6) is -0.805. The van der Waals surface area contributed by atoms with Crippen LogP contribution in [0.1, 0.15) is 60.8 Å². The van der Waals surface area contributed by atoms with E-state index in [1.165, 1.54) is 0 Å². The molecule has 0 aliphatic rings. The van der Waals surface area contributed by atoms with E-state index in [-0.39, 0.29) is 29.6 Å². The number of aliphatic hydroxyl groups is 2. The molecule has 2 atom stereocenters. The number of carbonyl (C=O) groups excluding carboxylic acids is 2. The largest absolute Gasteiger partial charge is 0.390 e. The second-order valence-electron chi connectivity index (χ2n) is 8.12. The number of hydrogen-bond donors (Lipinski definition) is 4. The summed E-state index contributed by atoms with van der Waals surface area (Å²) in [5, 5.41) is 25.0. The molecular formula is C17H34N2O4. The third-order valence-electron chi connectivity index (χ3n) is 3.42. The Bertz CT molecular complexity index is 389. The van der Waals surface area contributed by atoms with Crippen molar-refractivity contribution >= 4 is 11.8 Å². The second-order valence-corrected chi connectivity index (χ2v) is 8.12. The number of carbonyl (C=O) groups is 2. The Kier molecular flexibility index (Phi) is 8.77. The monoisotopic (exact) mass is 330 g/mol. The van der Waals surface area contributed by atoms with Gasteiger partial charge in [0.05, 0.1) is 6.10 Å². The molecule has 23 heavy (non-hydrogen) atoms. The van der Waals surface area contributed by atoms with Crippen LogP contribution in [-0.4, -0.2) is 47.3 Å². The lowest BCUT2D eigenvalue weighted by Crippen LogP contribution is -2.46. The van der Waals surface area contributed by atoms with Gasteiger partial charge in [-0.05, 0) is 30.6 Å². The van der Waals surface area contributed by atoms with Gasteiger partial charge in [-0.1, -0.05) is 34.6 Å². The van der Waals surface area contributed by atoms with Gasteiger partial charge in [0.2, 0.25) is 5.91 Å². The van der Waals surface area contributed by atoms with Gasteiger partial charge in [0.1, 0.15) is 0 Å². The number of rotatable bonds is 9. The second kappa shape index (κ2) is 9.23. The molecule has 0 rings (SSSR count). The van der Waals surface area contributed by atoms with Gasteiger partial charge in [0, 0.05) is 19.5 Å². The minimum atomic E-state index is -1.52. The van der Waals surface area contributed by atoms with Crippen LogP contribution in [0, 0.1) is 10.8 Å². The van der Waals surface area contributed by atoms with E-state index in [1.54, 1.807) is 6.92 Å². The molecular weight excluding hydrogens is 296 g/mol. The number of aliphatic hydroxyl groups excluding tert-OH is 2. The van der Waals surface area contributed by atoms with Gasteiger partial charge < -0.3 is 20.8 Å². The summed E-state index contributed by atoms with van der Waals surface area (Å²) in [4.78, 5) is 23.3. The molecule has 2 amide bonds. The average molecular weight is 330 g/mol. The highest BCUT2D eigenvalue weighted by Gasteiger charge is 2.29. The Morgan fingerprint density at radius 3 is 2.09 bits per heavy atom. The van der Waals surface area contributed by atoms with E-state index in [9.17, 15) is 19.8 Å². The van der Waals surface area contributed by atoms with E-state index in [4.69, 9.17) is 0 Å². The molecule has 0 aliphatic heterocycles. The summed E-state index contributed by atoms with van der Waals surface area (Å²) in [7, 11) is 0. The maximum Gasteiger partial charge on any atom is 0.251 e. The third-order valence-corrected chi connectivity index (χ3v) is 3.42. The summed E-state index contributed by atoms with van der Waals surface area (Å²) < 4.78 is 0. The van der Waals surface area contributed by atoms with Crippen molar-refractivity contribution in [2.24, 2.45) is 10.8 Å². The van der Waals surface area contributed by atoms with E-state index in [2.05, 4.69) is 45.3 Å². The van der Waals surface area contributed by atoms with E-state index >= 15 is 0 Å². The molecule has 0 aromatic carbocycles. The van der Waals surface area contributed by atoms with Crippen LogP contribution in [0.15, 0.2) is 0 Å². The lowest BCUT2D eigenvalue weighted by Gasteiger charge is -2.33. The minimum Gasteiger partial charge on any atom is -0.390 e.